The first-order chi connectivity index (χ1) is 19.7. The van der Waals surface area contributed by atoms with Gasteiger partial charge in [0.05, 0.1) is 0 Å². The summed E-state index contributed by atoms with van der Waals surface area (Å²) in [4.78, 5) is 0. The summed E-state index contributed by atoms with van der Waals surface area (Å²) in [5, 5.41) is 2.74. The van der Waals surface area contributed by atoms with Crippen LogP contribution in [0.2, 0.25) is 0 Å². The SMILES string of the molecule is CCCCC#C[Si](C#Cc1ccc(CCCCC)cc1)(c1ccccc1)c1c(C(C)C)cc(C(C)C)cc1C(C)C. The summed E-state index contributed by atoms with van der Waals surface area (Å²) in [6, 6.07) is 25.0. The van der Waals surface area contributed by atoms with Gasteiger partial charge in [0.2, 0.25) is 0 Å². The van der Waals surface area contributed by atoms with Crippen LogP contribution in [-0.2, 0) is 6.42 Å². The summed E-state index contributed by atoms with van der Waals surface area (Å²) < 4.78 is 0. The van der Waals surface area contributed by atoms with Crippen LogP contribution in [0.1, 0.15) is 139 Å². The molecule has 0 heterocycles. The van der Waals surface area contributed by atoms with Gasteiger partial charge in [-0.05, 0) is 81.8 Å². The van der Waals surface area contributed by atoms with Crippen molar-refractivity contribution >= 4 is 18.4 Å². The highest BCUT2D eigenvalue weighted by Crippen LogP contribution is 2.28. The predicted octanol–water partition coefficient (Wildman–Crippen LogP) is 9.68. The number of aryl methyl sites for hydroxylation is 1. The molecule has 0 spiro atoms. The molecule has 1 atom stereocenters. The van der Waals surface area contributed by atoms with Gasteiger partial charge < -0.3 is 0 Å². The molecule has 0 saturated heterocycles. The van der Waals surface area contributed by atoms with Crippen LogP contribution >= 0.6 is 0 Å². The summed E-state index contributed by atoms with van der Waals surface area (Å²) in [5.74, 6) is 8.63. The van der Waals surface area contributed by atoms with Gasteiger partial charge in [0, 0.05) is 12.0 Å². The third kappa shape index (κ3) is 8.50. The molecule has 0 bridgehead atoms. The molecule has 1 heteroatoms. The number of benzene rings is 3. The quantitative estimate of drug-likeness (QED) is 0.124. The van der Waals surface area contributed by atoms with Gasteiger partial charge >= 0.3 is 0 Å². The van der Waals surface area contributed by atoms with Gasteiger partial charge in [0.1, 0.15) is 0 Å². The fourth-order valence-corrected chi connectivity index (χ4v) is 9.37. The van der Waals surface area contributed by atoms with Gasteiger partial charge in [0.25, 0.3) is 8.07 Å². The van der Waals surface area contributed by atoms with Crippen molar-refractivity contribution in [3.8, 4) is 22.9 Å². The maximum absolute atomic E-state index is 3.99. The summed E-state index contributed by atoms with van der Waals surface area (Å²) in [5.41, 5.74) is 14.7. The predicted molar refractivity (Wildman–Crippen MR) is 184 cm³/mol. The summed E-state index contributed by atoms with van der Waals surface area (Å²) in [7, 11) is -2.81. The highest BCUT2D eigenvalue weighted by molar-refractivity contribution is 7.14. The van der Waals surface area contributed by atoms with Crippen molar-refractivity contribution in [2.45, 2.75) is 118 Å². The first-order valence-electron chi connectivity index (χ1n) is 16.1. The van der Waals surface area contributed by atoms with E-state index in [4.69, 9.17) is 0 Å². The Kier molecular flexibility index (Phi) is 12.6. The monoisotopic (exact) mass is 560 g/mol. The van der Waals surface area contributed by atoms with Gasteiger partial charge in [-0.25, -0.2) is 0 Å². The molecular weight excluding hydrogens is 509 g/mol. The van der Waals surface area contributed by atoms with Crippen molar-refractivity contribution < 1.29 is 0 Å². The molecule has 1 unspecified atom stereocenters. The van der Waals surface area contributed by atoms with Crippen molar-refractivity contribution in [2.75, 3.05) is 0 Å². The van der Waals surface area contributed by atoms with E-state index in [0.717, 1.165) is 31.2 Å². The summed E-state index contributed by atoms with van der Waals surface area (Å²) in [6.45, 7) is 18.5. The summed E-state index contributed by atoms with van der Waals surface area (Å²) in [6.07, 6.45) is 8.14. The second kappa shape index (κ2) is 15.8. The molecule has 0 nitrogen and oxygen atoms in total. The Morgan fingerprint density at radius 3 is 1.80 bits per heavy atom. The highest BCUT2D eigenvalue weighted by Gasteiger charge is 2.40. The molecule has 3 rings (SSSR count). The Hall–Kier alpha value is -3.00. The van der Waals surface area contributed by atoms with Crippen molar-refractivity contribution in [3.05, 3.63) is 94.5 Å². The Morgan fingerprint density at radius 2 is 1.27 bits per heavy atom. The highest BCUT2D eigenvalue weighted by atomic mass is 28.3. The molecule has 0 fully saturated rings. The van der Waals surface area contributed by atoms with E-state index in [1.54, 1.807) is 0 Å². The average Bonchev–Trinajstić information content (AvgIpc) is 2.97. The molecule has 0 aromatic heterocycles. The van der Waals surface area contributed by atoms with Crippen LogP contribution in [0.15, 0.2) is 66.7 Å². The number of hydrogen-bond acceptors (Lipinski definition) is 0. The number of hydrogen-bond donors (Lipinski definition) is 0. The molecule has 216 valence electrons. The number of rotatable bonds is 11. The Bertz CT molecular complexity index is 1320. The lowest BCUT2D eigenvalue weighted by Gasteiger charge is -2.31. The van der Waals surface area contributed by atoms with Crippen LogP contribution in [0.25, 0.3) is 0 Å². The first-order valence-corrected chi connectivity index (χ1v) is 18.1. The van der Waals surface area contributed by atoms with E-state index < -0.39 is 8.07 Å². The van der Waals surface area contributed by atoms with E-state index in [0.29, 0.717) is 17.8 Å². The average molecular weight is 561 g/mol. The fraction of sp³-hybridized carbons (Fsp3) is 0.450. The largest absolute Gasteiger partial charge is 0.276 e. The van der Waals surface area contributed by atoms with E-state index in [1.165, 1.54) is 51.9 Å². The number of unbranched alkanes of at least 4 members (excludes halogenated alkanes) is 4. The molecule has 0 saturated carbocycles. The molecule has 0 aliphatic heterocycles. The normalized spacial score (nSPS) is 12.6. The van der Waals surface area contributed by atoms with Gasteiger partial charge in [-0.2, -0.15) is 0 Å². The van der Waals surface area contributed by atoms with Gasteiger partial charge in [0.15, 0.2) is 0 Å². The molecule has 0 radical (unpaired) electrons. The van der Waals surface area contributed by atoms with Crippen LogP contribution in [0.5, 0.6) is 0 Å². The zero-order valence-electron chi connectivity index (χ0n) is 27.0. The maximum Gasteiger partial charge on any atom is 0.276 e. The topological polar surface area (TPSA) is 0 Å². The maximum atomic E-state index is 3.99. The molecule has 3 aromatic rings. The molecule has 0 amide bonds. The second-order valence-electron chi connectivity index (χ2n) is 12.5. The Balaban J connectivity index is 2.35. The minimum Gasteiger partial charge on any atom is -0.108 e. The van der Waals surface area contributed by atoms with E-state index in [2.05, 4.69) is 145 Å². The minimum absolute atomic E-state index is 0.387. The van der Waals surface area contributed by atoms with Crippen LogP contribution in [-0.4, -0.2) is 8.07 Å². The van der Waals surface area contributed by atoms with Crippen LogP contribution < -0.4 is 10.4 Å². The zero-order valence-corrected chi connectivity index (χ0v) is 28.0. The van der Waals surface area contributed by atoms with E-state index in [9.17, 15) is 0 Å². The first kappa shape index (κ1) is 32.5. The van der Waals surface area contributed by atoms with E-state index in [-0.39, 0.29) is 0 Å². The summed E-state index contributed by atoms with van der Waals surface area (Å²) >= 11 is 0. The molecule has 0 aliphatic rings. The van der Waals surface area contributed by atoms with Gasteiger partial charge in [-0.15, -0.1) is 11.5 Å². The van der Waals surface area contributed by atoms with Crippen LogP contribution in [0, 0.1) is 22.9 Å². The molecule has 3 aromatic carbocycles. The van der Waals surface area contributed by atoms with Crippen LogP contribution in [0.4, 0.5) is 0 Å². The second-order valence-corrected chi connectivity index (χ2v) is 15.5. The van der Waals surface area contributed by atoms with E-state index >= 15 is 0 Å². The smallest absolute Gasteiger partial charge is 0.108 e. The van der Waals surface area contributed by atoms with Crippen molar-refractivity contribution in [1.82, 2.24) is 0 Å². The fourth-order valence-electron chi connectivity index (χ4n) is 5.48. The minimum atomic E-state index is -2.81. The lowest BCUT2D eigenvalue weighted by atomic mass is 9.89. The van der Waals surface area contributed by atoms with E-state index in [1.807, 2.05) is 0 Å². The zero-order chi connectivity index (χ0) is 29.8. The third-order valence-corrected chi connectivity index (χ3v) is 11.6. The van der Waals surface area contributed by atoms with Crippen LogP contribution in [0.3, 0.4) is 0 Å². The Morgan fingerprint density at radius 1 is 0.659 bits per heavy atom. The lowest BCUT2D eigenvalue weighted by molar-refractivity contribution is 0.717. The van der Waals surface area contributed by atoms with Gasteiger partial charge in [-0.1, -0.05) is 141 Å². The Labute approximate surface area is 253 Å². The van der Waals surface area contributed by atoms with Gasteiger partial charge in [-0.3, -0.25) is 0 Å². The van der Waals surface area contributed by atoms with Crippen molar-refractivity contribution in [2.24, 2.45) is 0 Å². The third-order valence-electron chi connectivity index (χ3n) is 8.06. The van der Waals surface area contributed by atoms with Crippen molar-refractivity contribution in [1.29, 1.82) is 0 Å². The molecule has 41 heavy (non-hydrogen) atoms. The van der Waals surface area contributed by atoms with Crippen molar-refractivity contribution in [3.63, 3.8) is 0 Å². The standard InChI is InChI=1S/C40H52Si/c1-9-11-13-18-27-41(37-20-16-14-17-21-37,28-26-35-24-22-34(23-25-35)19-15-12-10-2)40-38(32(5)6)29-36(31(3)4)30-39(40)33(7)8/h14,16-17,20-25,29-33H,9-13,15,19H2,1-8H3. The molecule has 0 N–H and O–H groups in total. The molecule has 0 aliphatic carbocycles. The molecular formula is C40H52Si. The lowest BCUT2D eigenvalue weighted by Crippen LogP contribution is -2.60.